The van der Waals surface area contributed by atoms with Crippen LogP contribution in [0.4, 0.5) is 4.79 Å². The molecule has 0 aliphatic carbocycles. The van der Waals surface area contributed by atoms with E-state index in [4.69, 9.17) is 0 Å². The van der Waals surface area contributed by atoms with Gasteiger partial charge in [-0.1, -0.05) is 36.7 Å². The smallest absolute Gasteiger partial charge is 0.407 e. The van der Waals surface area contributed by atoms with Gasteiger partial charge in [-0.2, -0.15) is 5.10 Å². The molecule has 2 amide bonds. The Morgan fingerprint density at radius 2 is 2.15 bits per heavy atom. The first-order valence-corrected chi connectivity index (χ1v) is 9.87. The minimum atomic E-state index is -0.869. The fraction of sp³-hybridized carbons (Fsp3) is 0.526. The zero-order valence-electron chi connectivity index (χ0n) is 15.8. The zero-order valence-corrected chi connectivity index (χ0v) is 17.3. The highest BCUT2D eigenvalue weighted by Crippen LogP contribution is 2.34. The fourth-order valence-corrected chi connectivity index (χ4v) is 4.11. The molecule has 3 N–H and O–H groups in total. The third kappa shape index (κ3) is 4.26. The quantitative estimate of drug-likeness (QED) is 0.679. The number of amides is 2. The maximum Gasteiger partial charge on any atom is 0.407 e. The van der Waals surface area contributed by atoms with Crippen molar-refractivity contribution < 1.29 is 14.7 Å². The van der Waals surface area contributed by atoms with E-state index in [1.807, 2.05) is 18.2 Å². The molecular weight excluding hydrogens is 412 g/mol. The number of carbonyl (C=O) groups excluding carboxylic acids is 1. The van der Waals surface area contributed by atoms with E-state index in [9.17, 15) is 14.7 Å². The van der Waals surface area contributed by atoms with Gasteiger partial charge in [-0.15, -0.1) is 0 Å². The minimum absolute atomic E-state index is 0.0622. The Bertz CT molecular complexity index is 858. The van der Waals surface area contributed by atoms with Gasteiger partial charge in [0.2, 0.25) is 0 Å². The molecule has 3 rings (SSSR count). The highest BCUT2D eigenvalue weighted by molar-refractivity contribution is 9.10. The SMILES string of the molecule is CC(C)(C)C1CC(CNC(=O)c2n[nH]c3ccc(Br)cc23)CCN1C(=O)O. The molecule has 146 valence electrons. The first kappa shape index (κ1) is 19.7. The molecule has 0 radical (unpaired) electrons. The summed E-state index contributed by atoms with van der Waals surface area (Å²) in [7, 11) is 0. The lowest BCUT2D eigenvalue weighted by atomic mass is 9.77. The van der Waals surface area contributed by atoms with Crippen LogP contribution in [0, 0.1) is 11.3 Å². The number of halogens is 1. The largest absolute Gasteiger partial charge is 0.465 e. The van der Waals surface area contributed by atoms with Crippen LogP contribution in [0.2, 0.25) is 0 Å². The molecule has 1 aromatic heterocycles. The van der Waals surface area contributed by atoms with Crippen LogP contribution in [0.5, 0.6) is 0 Å². The van der Waals surface area contributed by atoms with E-state index in [1.54, 1.807) is 0 Å². The maximum atomic E-state index is 12.6. The van der Waals surface area contributed by atoms with E-state index >= 15 is 0 Å². The Morgan fingerprint density at radius 3 is 2.81 bits per heavy atom. The number of rotatable bonds is 3. The summed E-state index contributed by atoms with van der Waals surface area (Å²) in [6.45, 7) is 7.18. The highest BCUT2D eigenvalue weighted by atomic mass is 79.9. The van der Waals surface area contributed by atoms with Crippen LogP contribution in [-0.2, 0) is 0 Å². The van der Waals surface area contributed by atoms with Crippen molar-refractivity contribution >= 4 is 38.8 Å². The zero-order chi connectivity index (χ0) is 19.8. The van der Waals surface area contributed by atoms with Crippen LogP contribution < -0.4 is 5.32 Å². The molecule has 2 heterocycles. The van der Waals surface area contributed by atoms with Crippen LogP contribution in [0.3, 0.4) is 0 Å². The lowest BCUT2D eigenvalue weighted by molar-refractivity contribution is 0.0402. The molecule has 1 saturated heterocycles. The molecule has 2 unspecified atom stereocenters. The van der Waals surface area contributed by atoms with Gasteiger partial charge in [0, 0.05) is 29.0 Å². The number of fused-ring (bicyclic) bond motifs is 1. The fourth-order valence-electron chi connectivity index (χ4n) is 3.75. The van der Waals surface area contributed by atoms with Crippen LogP contribution in [-0.4, -0.2) is 51.3 Å². The third-order valence-corrected chi connectivity index (χ3v) is 5.74. The van der Waals surface area contributed by atoms with Gasteiger partial charge in [-0.05, 0) is 42.4 Å². The number of piperidine rings is 1. The molecular formula is C19H25BrN4O3. The van der Waals surface area contributed by atoms with Crippen molar-refractivity contribution in [2.75, 3.05) is 13.1 Å². The number of likely N-dealkylation sites (tertiary alicyclic amines) is 1. The van der Waals surface area contributed by atoms with E-state index in [1.165, 1.54) is 4.90 Å². The van der Waals surface area contributed by atoms with Crippen LogP contribution in [0.25, 0.3) is 10.9 Å². The summed E-state index contributed by atoms with van der Waals surface area (Å²) in [6.07, 6.45) is 0.612. The molecule has 0 bridgehead atoms. The number of carbonyl (C=O) groups is 2. The van der Waals surface area contributed by atoms with Crippen molar-refractivity contribution in [1.29, 1.82) is 0 Å². The summed E-state index contributed by atoms with van der Waals surface area (Å²) in [5, 5.41) is 20.2. The van der Waals surface area contributed by atoms with E-state index in [0.29, 0.717) is 18.8 Å². The van der Waals surface area contributed by atoms with Crippen molar-refractivity contribution in [2.24, 2.45) is 11.3 Å². The van der Waals surface area contributed by atoms with Gasteiger partial charge < -0.3 is 15.3 Å². The number of benzene rings is 1. The van der Waals surface area contributed by atoms with Gasteiger partial charge in [0.25, 0.3) is 5.91 Å². The lowest BCUT2D eigenvalue weighted by Crippen LogP contribution is -2.52. The average Bonchev–Trinajstić information content (AvgIpc) is 3.01. The van der Waals surface area contributed by atoms with Gasteiger partial charge in [0.15, 0.2) is 5.69 Å². The number of nitrogens with zero attached hydrogens (tertiary/aromatic N) is 2. The molecule has 1 aromatic carbocycles. The Kier molecular flexibility index (Phi) is 5.46. The van der Waals surface area contributed by atoms with Crippen LogP contribution in [0.1, 0.15) is 44.1 Å². The summed E-state index contributed by atoms with van der Waals surface area (Å²) in [5.41, 5.74) is 1.04. The average molecular weight is 437 g/mol. The summed E-state index contributed by atoms with van der Waals surface area (Å²) in [5.74, 6) is 0.0260. The third-order valence-electron chi connectivity index (χ3n) is 5.25. The lowest BCUT2D eigenvalue weighted by Gasteiger charge is -2.44. The van der Waals surface area contributed by atoms with Crippen LogP contribution >= 0.6 is 15.9 Å². The number of carboxylic acid groups (broad SMARTS) is 1. The molecule has 0 saturated carbocycles. The van der Waals surface area contributed by atoms with Gasteiger partial charge in [-0.25, -0.2) is 4.79 Å². The van der Waals surface area contributed by atoms with Crippen molar-refractivity contribution in [1.82, 2.24) is 20.4 Å². The second-order valence-electron chi connectivity index (χ2n) is 8.22. The minimum Gasteiger partial charge on any atom is -0.465 e. The number of hydrogen-bond acceptors (Lipinski definition) is 3. The predicted molar refractivity (Wildman–Crippen MR) is 107 cm³/mol. The highest BCUT2D eigenvalue weighted by Gasteiger charge is 2.38. The Morgan fingerprint density at radius 1 is 1.41 bits per heavy atom. The molecule has 7 nitrogen and oxygen atoms in total. The number of H-pyrrole nitrogens is 1. The molecule has 27 heavy (non-hydrogen) atoms. The number of hydrogen-bond donors (Lipinski definition) is 3. The number of nitrogens with one attached hydrogen (secondary N) is 2. The van der Waals surface area contributed by atoms with Gasteiger partial charge >= 0.3 is 6.09 Å². The molecule has 8 heteroatoms. The molecule has 2 aromatic rings. The Labute approximate surface area is 166 Å². The van der Waals surface area contributed by atoms with E-state index in [-0.39, 0.29) is 23.3 Å². The van der Waals surface area contributed by atoms with E-state index in [0.717, 1.165) is 28.2 Å². The van der Waals surface area contributed by atoms with Crippen LogP contribution in [0.15, 0.2) is 22.7 Å². The summed E-state index contributed by atoms with van der Waals surface area (Å²) in [6, 6.07) is 5.58. The second kappa shape index (κ2) is 7.50. The first-order chi connectivity index (χ1) is 12.7. The Balaban J connectivity index is 1.66. The van der Waals surface area contributed by atoms with Crippen molar-refractivity contribution in [3.63, 3.8) is 0 Å². The summed E-state index contributed by atoms with van der Waals surface area (Å²) in [4.78, 5) is 25.7. The maximum absolute atomic E-state index is 12.6. The molecule has 1 aliphatic rings. The standard InChI is InChI=1S/C19H25BrN4O3/c1-19(2,3)15-8-11(6-7-24(15)18(26)27)10-21-17(25)16-13-9-12(20)4-5-14(13)22-23-16/h4-5,9,11,15H,6-8,10H2,1-3H3,(H,21,25)(H,22,23)(H,26,27). The molecule has 1 aliphatic heterocycles. The second-order valence-corrected chi connectivity index (χ2v) is 9.14. The number of aromatic amines is 1. The molecule has 1 fully saturated rings. The number of aromatic nitrogens is 2. The summed E-state index contributed by atoms with van der Waals surface area (Å²) >= 11 is 3.42. The summed E-state index contributed by atoms with van der Waals surface area (Å²) < 4.78 is 0.888. The van der Waals surface area contributed by atoms with Crippen molar-refractivity contribution in [3.05, 3.63) is 28.4 Å². The van der Waals surface area contributed by atoms with Gasteiger partial charge in [0.1, 0.15) is 0 Å². The van der Waals surface area contributed by atoms with Gasteiger partial charge in [0.05, 0.1) is 5.52 Å². The van der Waals surface area contributed by atoms with Crippen molar-refractivity contribution in [3.8, 4) is 0 Å². The first-order valence-electron chi connectivity index (χ1n) is 9.08. The topological polar surface area (TPSA) is 98.3 Å². The normalized spacial score (nSPS) is 20.7. The molecule has 0 spiro atoms. The van der Waals surface area contributed by atoms with E-state index < -0.39 is 6.09 Å². The van der Waals surface area contributed by atoms with E-state index in [2.05, 4.69) is 52.2 Å². The predicted octanol–water partition coefficient (Wildman–Crippen LogP) is 3.86. The van der Waals surface area contributed by atoms with Crippen molar-refractivity contribution in [2.45, 2.75) is 39.7 Å². The molecule has 2 atom stereocenters. The monoisotopic (exact) mass is 436 g/mol. The Hall–Kier alpha value is -2.09. The van der Waals surface area contributed by atoms with Gasteiger partial charge in [-0.3, -0.25) is 9.89 Å².